The number of aliphatic carboxylic acids is 1. The van der Waals surface area contributed by atoms with Gasteiger partial charge in [-0.25, -0.2) is 14.0 Å². The molecule has 2 N–H and O–H groups in total. The minimum Gasteiger partial charge on any atom is -0.479 e. The first-order chi connectivity index (χ1) is 7.70. The second-order valence-corrected chi connectivity index (χ2v) is 4.76. The topological polar surface area (TPSA) is 84.9 Å². The molecule has 1 heterocycles. The van der Waals surface area contributed by atoms with Gasteiger partial charge in [0.05, 0.1) is 6.54 Å². The number of amides is 1. The fraction of sp³-hybridized carbons (Fsp3) is 0.800. The van der Waals surface area contributed by atoms with Gasteiger partial charge in [-0.05, 0) is 20.8 Å². The Morgan fingerprint density at radius 1 is 1.47 bits per heavy atom. The SMILES string of the molecule is CC(C)(C)OC(=O)NC[C@H]1O[C@H](C(=O)O)[C@@H]1F. The molecule has 0 aromatic heterocycles. The first kappa shape index (κ1) is 13.7. The van der Waals surface area contributed by atoms with Gasteiger partial charge in [0.25, 0.3) is 0 Å². The van der Waals surface area contributed by atoms with Crippen molar-refractivity contribution in [2.45, 2.75) is 44.8 Å². The van der Waals surface area contributed by atoms with Crippen molar-refractivity contribution in [3.05, 3.63) is 0 Å². The first-order valence-corrected chi connectivity index (χ1v) is 5.20. The number of carboxylic acids is 1. The third-order valence-corrected chi connectivity index (χ3v) is 2.06. The number of halogens is 1. The van der Waals surface area contributed by atoms with Crippen LogP contribution in [0.15, 0.2) is 0 Å². The van der Waals surface area contributed by atoms with Crippen LogP contribution in [0, 0.1) is 0 Å². The van der Waals surface area contributed by atoms with E-state index in [4.69, 9.17) is 14.6 Å². The van der Waals surface area contributed by atoms with Crippen LogP contribution in [0.25, 0.3) is 0 Å². The van der Waals surface area contributed by atoms with E-state index in [0.29, 0.717) is 0 Å². The van der Waals surface area contributed by atoms with E-state index >= 15 is 0 Å². The summed E-state index contributed by atoms with van der Waals surface area (Å²) in [6, 6.07) is 0. The molecule has 3 atom stereocenters. The molecule has 6 nitrogen and oxygen atoms in total. The van der Waals surface area contributed by atoms with Crippen molar-refractivity contribution in [3.8, 4) is 0 Å². The van der Waals surface area contributed by atoms with Crippen LogP contribution in [-0.4, -0.2) is 47.7 Å². The Kier molecular flexibility index (Phi) is 3.92. The van der Waals surface area contributed by atoms with Gasteiger partial charge in [-0.15, -0.1) is 0 Å². The van der Waals surface area contributed by atoms with Gasteiger partial charge < -0.3 is 19.9 Å². The number of rotatable bonds is 3. The van der Waals surface area contributed by atoms with Crippen molar-refractivity contribution < 1.29 is 28.6 Å². The zero-order valence-electron chi connectivity index (χ0n) is 9.90. The number of alkyl halides is 1. The van der Waals surface area contributed by atoms with Gasteiger partial charge in [0.1, 0.15) is 11.7 Å². The monoisotopic (exact) mass is 249 g/mol. The first-order valence-electron chi connectivity index (χ1n) is 5.20. The molecule has 1 aliphatic heterocycles. The third-order valence-electron chi connectivity index (χ3n) is 2.06. The predicted octanol–water partition coefficient (Wildman–Crippen LogP) is 0.701. The van der Waals surface area contributed by atoms with Crippen LogP contribution in [0.5, 0.6) is 0 Å². The van der Waals surface area contributed by atoms with Crippen molar-refractivity contribution in [1.82, 2.24) is 5.32 Å². The second-order valence-electron chi connectivity index (χ2n) is 4.76. The number of hydrogen-bond donors (Lipinski definition) is 2. The van der Waals surface area contributed by atoms with Crippen molar-refractivity contribution in [2.24, 2.45) is 0 Å². The minimum absolute atomic E-state index is 0.111. The van der Waals surface area contributed by atoms with Crippen molar-refractivity contribution in [1.29, 1.82) is 0 Å². The van der Waals surface area contributed by atoms with E-state index in [0.717, 1.165) is 0 Å². The van der Waals surface area contributed by atoms with E-state index < -0.39 is 36.0 Å². The molecule has 1 saturated heterocycles. The van der Waals surface area contributed by atoms with Gasteiger partial charge in [0.2, 0.25) is 0 Å². The number of carboxylic acid groups (broad SMARTS) is 1. The van der Waals surface area contributed by atoms with Gasteiger partial charge in [-0.1, -0.05) is 0 Å². The summed E-state index contributed by atoms with van der Waals surface area (Å²) in [5.41, 5.74) is -0.636. The zero-order valence-corrected chi connectivity index (χ0v) is 9.90. The van der Waals surface area contributed by atoms with E-state index in [9.17, 15) is 14.0 Å². The maximum Gasteiger partial charge on any atom is 0.407 e. The molecule has 98 valence electrons. The summed E-state index contributed by atoms with van der Waals surface area (Å²) < 4.78 is 22.9. The van der Waals surface area contributed by atoms with E-state index in [1.165, 1.54) is 0 Å². The molecule has 1 rings (SSSR count). The Balaban J connectivity index is 2.25. The third kappa shape index (κ3) is 3.85. The highest BCUT2D eigenvalue weighted by atomic mass is 19.1. The Bertz CT molecular complexity index is 314. The summed E-state index contributed by atoms with van der Waals surface area (Å²) in [5.74, 6) is -1.34. The summed E-state index contributed by atoms with van der Waals surface area (Å²) in [6.45, 7) is 4.99. The smallest absolute Gasteiger partial charge is 0.407 e. The molecule has 17 heavy (non-hydrogen) atoms. The molecule has 0 radical (unpaired) electrons. The van der Waals surface area contributed by atoms with E-state index in [1.807, 2.05) is 0 Å². The van der Waals surface area contributed by atoms with Crippen LogP contribution in [-0.2, 0) is 14.3 Å². The highest BCUT2D eigenvalue weighted by Crippen LogP contribution is 2.24. The Morgan fingerprint density at radius 2 is 2.06 bits per heavy atom. The number of hydrogen-bond acceptors (Lipinski definition) is 4. The number of ether oxygens (including phenoxy) is 2. The van der Waals surface area contributed by atoms with Crippen LogP contribution in [0.1, 0.15) is 20.8 Å². The summed E-state index contributed by atoms with van der Waals surface area (Å²) >= 11 is 0. The molecular formula is C10H16FNO5. The highest BCUT2D eigenvalue weighted by Gasteiger charge is 2.47. The van der Waals surface area contributed by atoms with Gasteiger partial charge in [-0.3, -0.25) is 0 Å². The van der Waals surface area contributed by atoms with Crippen molar-refractivity contribution >= 4 is 12.1 Å². The lowest BCUT2D eigenvalue weighted by Crippen LogP contribution is -2.59. The number of nitrogens with one attached hydrogen (secondary N) is 1. The van der Waals surface area contributed by atoms with Crippen molar-refractivity contribution in [2.75, 3.05) is 6.54 Å². The Morgan fingerprint density at radius 3 is 2.47 bits per heavy atom. The zero-order chi connectivity index (χ0) is 13.2. The molecule has 7 heteroatoms. The van der Waals surface area contributed by atoms with Crippen molar-refractivity contribution in [3.63, 3.8) is 0 Å². The number of carbonyl (C=O) groups is 2. The van der Waals surface area contributed by atoms with E-state index in [2.05, 4.69) is 5.32 Å². The van der Waals surface area contributed by atoms with Crippen LogP contribution in [0.4, 0.5) is 9.18 Å². The highest BCUT2D eigenvalue weighted by molar-refractivity contribution is 5.74. The second kappa shape index (κ2) is 4.87. The van der Waals surface area contributed by atoms with Gasteiger partial charge in [-0.2, -0.15) is 0 Å². The Labute approximate surface area is 98.1 Å². The van der Waals surface area contributed by atoms with Crippen LogP contribution in [0.3, 0.4) is 0 Å². The van der Waals surface area contributed by atoms with Gasteiger partial charge in [0.15, 0.2) is 12.3 Å². The largest absolute Gasteiger partial charge is 0.479 e. The molecule has 1 aliphatic rings. The molecule has 0 aromatic carbocycles. The molecule has 0 bridgehead atoms. The predicted molar refractivity (Wildman–Crippen MR) is 55.4 cm³/mol. The average Bonchev–Trinajstić information content (AvgIpc) is 2.11. The van der Waals surface area contributed by atoms with Crippen LogP contribution >= 0.6 is 0 Å². The standard InChI is InChI=1S/C10H16FNO5/c1-10(2,3)17-9(15)12-4-5-6(11)7(16-5)8(13)14/h5-7H,4H2,1-3H3,(H,12,15)(H,13,14)/t5-,6-,7+/m1/s1. The molecule has 0 spiro atoms. The molecule has 0 saturated carbocycles. The fourth-order valence-corrected chi connectivity index (χ4v) is 1.30. The number of alkyl carbamates (subject to hydrolysis) is 1. The normalized spacial score (nSPS) is 28.1. The van der Waals surface area contributed by atoms with E-state index in [-0.39, 0.29) is 6.54 Å². The molecular weight excluding hydrogens is 233 g/mol. The molecule has 0 unspecified atom stereocenters. The average molecular weight is 249 g/mol. The minimum atomic E-state index is -1.61. The summed E-state index contributed by atoms with van der Waals surface area (Å²) in [7, 11) is 0. The maximum absolute atomic E-state index is 13.2. The summed E-state index contributed by atoms with van der Waals surface area (Å²) in [4.78, 5) is 21.6. The molecule has 1 amide bonds. The fourth-order valence-electron chi connectivity index (χ4n) is 1.30. The summed E-state index contributed by atoms with van der Waals surface area (Å²) in [5, 5.41) is 10.8. The molecule has 0 aromatic rings. The summed E-state index contributed by atoms with van der Waals surface area (Å²) in [6.07, 6.45) is -4.65. The lowest BCUT2D eigenvalue weighted by molar-refractivity contribution is -0.207. The lowest BCUT2D eigenvalue weighted by Gasteiger charge is -2.37. The molecule has 1 fully saturated rings. The number of carbonyl (C=O) groups excluding carboxylic acids is 1. The van der Waals surface area contributed by atoms with Gasteiger partial charge in [0, 0.05) is 0 Å². The lowest BCUT2D eigenvalue weighted by atomic mass is 10.0. The molecule has 0 aliphatic carbocycles. The quantitative estimate of drug-likeness (QED) is 0.769. The maximum atomic E-state index is 13.2. The van der Waals surface area contributed by atoms with Gasteiger partial charge >= 0.3 is 12.1 Å². The Hall–Kier alpha value is -1.37. The van der Waals surface area contributed by atoms with Crippen LogP contribution in [0.2, 0.25) is 0 Å². The van der Waals surface area contributed by atoms with E-state index in [1.54, 1.807) is 20.8 Å². The van der Waals surface area contributed by atoms with Crippen LogP contribution < -0.4 is 5.32 Å².